The summed E-state index contributed by atoms with van der Waals surface area (Å²) in [5.74, 6) is 0.288. The van der Waals surface area contributed by atoms with Crippen molar-refractivity contribution >= 4 is 5.91 Å². The summed E-state index contributed by atoms with van der Waals surface area (Å²) < 4.78 is 0. The first kappa shape index (κ1) is 13.4. The van der Waals surface area contributed by atoms with E-state index in [0.29, 0.717) is 12.1 Å². The second-order valence-corrected chi connectivity index (χ2v) is 6.56. The molecule has 4 unspecified atom stereocenters. The fourth-order valence-electron chi connectivity index (χ4n) is 4.19. The first-order valence-corrected chi connectivity index (χ1v) is 8.06. The van der Waals surface area contributed by atoms with Crippen LogP contribution in [0.1, 0.15) is 51.4 Å². The van der Waals surface area contributed by atoms with E-state index in [0.717, 1.165) is 32.2 Å². The number of hydrogen-bond acceptors (Lipinski definition) is 3. The van der Waals surface area contributed by atoms with Gasteiger partial charge in [0.15, 0.2) is 0 Å². The third kappa shape index (κ3) is 2.79. The molecule has 2 aliphatic heterocycles. The molecule has 0 radical (unpaired) electrons. The van der Waals surface area contributed by atoms with E-state index in [1.807, 2.05) is 0 Å². The van der Waals surface area contributed by atoms with Crippen LogP contribution in [0.4, 0.5) is 0 Å². The Balaban J connectivity index is 1.57. The van der Waals surface area contributed by atoms with Gasteiger partial charge in [0.2, 0.25) is 5.91 Å². The largest absolute Gasteiger partial charge is 0.351 e. The van der Waals surface area contributed by atoms with E-state index in [1.165, 1.54) is 32.2 Å². The highest BCUT2D eigenvalue weighted by Gasteiger charge is 2.38. The summed E-state index contributed by atoms with van der Waals surface area (Å²) >= 11 is 0. The zero-order valence-corrected chi connectivity index (χ0v) is 11.8. The molecule has 2 saturated heterocycles. The second kappa shape index (κ2) is 5.80. The summed E-state index contributed by atoms with van der Waals surface area (Å²) in [5.41, 5.74) is 6.11. The number of rotatable bonds is 2. The number of hydrogen-bond donors (Lipinski definition) is 2. The van der Waals surface area contributed by atoms with Crippen LogP contribution < -0.4 is 11.1 Å². The van der Waals surface area contributed by atoms with Gasteiger partial charge in [-0.1, -0.05) is 19.3 Å². The van der Waals surface area contributed by atoms with E-state index in [-0.39, 0.29) is 17.9 Å². The topological polar surface area (TPSA) is 58.4 Å². The van der Waals surface area contributed by atoms with Crippen LogP contribution in [-0.4, -0.2) is 42.0 Å². The molecule has 108 valence electrons. The van der Waals surface area contributed by atoms with Gasteiger partial charge in [0.05, 0.1) is 5.92 Å². The quantitative estimate of drug-likeness (QED) is 0.790. The van der Waals surface area contributed by atoms with Crippen molar-refractivity contribution < 1.29 is 4.79 Å². The summed E-state index contributed by atoms with van der Waals surface area (Å²) in [5, 5.41) is 3.32. The Labute approximate surface area is 116 Å². The van der Waals surface area contributed by atoms with Gasteiger partial charge in [-0.15, -0.1) is 0 Å². The first-order chi connectivity index (χ1) is 9.25. The highest BCUT2D eigenvalue weighted by atomic mass is 16.2. The predicted octanol–water partition coefficient (Wildman–Crippen LogP) is 1.25. The SMILES string of the molecule is NC1CCCCC1C(=O)NC1CCN2CCCCC12. The molecule has 1 saturated carbocycles. The second-order valence-electron chi connectivity index (χ2n) is 6.56. The van der Waals surface area contributed by atoms with E-state index < -0.39 is 0 Å². The van der Waals surface area contributed by atoms with Crippen LogP contribution in [0.5, 0.6) is 0 Å². The lowest BCUT2D eigenvalue weighted by Gasteiger charge is -2.34. The van der Waals surface area contributed by atoms with Crippen LogP contribution in [0.15, 0.2) is 0 Å². The summed E-state index contributed by atoms with van der Waals surface area (Å²) in [7, 11) is 0. The highest BCUT2D eigenvalue weighted by molar-refractivity contribution is 5.80. The smallest absolute Gasteiger partial charge is 0.224 e. The van der Waals surface area contributed by atoms with E-state index in [4.69, 9.17) is 5.73 Å². The van der Waals surface area contributed by atoms with Crippen molar-refractivity contribution in [1.82, 2.24) is 10.2 Å². The molecule has 3 fully saturated rings. The highest BCUT2D eigenvalue weighted by Crippen LogP contribution is 2.28. The lowest BCUT2D eigenvalue weighted by Crippen LogP contribution is -2.51. The standard InChI is InChI=1S/C15H27N3O/c16-12-6-2-1-5-11(12)15(19)17-13-8-10-18-9-4-3-7-14(13)18/h11-14H,1-10,16H2,(H,17,19). The lowest BCUT2D eigenvalue weighted by atomic mass is 9.84. The maximum absolute atomic E-state index is 12.4. The van der Waals surface area contributed by atoms with E-state index in [1.54, 1.807) is 0 Å². The van der Waals surface area contributed by atoms with Gasteiger partial charge in [0.1, 0.15) is 0 Å². The van der Waals surface area contributed by atoms with Crippen molar-refractivity contribution in [2.45, 2.75) is 69.5 Å². The zero-order chi connectivity index (χ0) is 13.2. The number of nitrogens with one attached hydrogen (secondary N) is 1. The molecule has 1 aliphatic carbocycles. The van der Waals surface area contributed by atoms with Crippen LogP contribution in [-0.2, 0) is 4.79 Å². The molecule has 0 aromatic heterocycles. The number of nitrogens with two attached hydrogens (primary N) is 1. The third-order valence-corrected chi connectivity index (χ3v) is 5.34. The maximum atomic E-state index is 12.4. The average Bonchev–Trinajstić information content (AvgIpc) is 2.83. The molecule has 4 nitrogen and oxygen atoms in total. The lowest BCUT2D eigenvalue weighted by molar-refractivity contribution is -0.127. The number of fused-ring (bicyclic) bond motifs is 1. The first-order valence-electron chi connectivity index (χ1n) is 8.06. The Morgan fingerprint density at radius 1 is 1.00 bits per heavy atom. The van der Waals surface area contributed by atoms with Crippen molar-refractivity contribution in [3.05, 3.63) is 0 Å². The number of piperidine rings is 1. The molecule has 0 spiro atoms. The Morgan fingerprint density at radius 3 is 2.63 bits per heavy atom. The van der Waals surface area contributed by atoms with Crippen LogP contribution in [0, 0.1) is 5.92 Å². The van der Waals surface area contributed by atoms with Gasteiger partial charge in [0.25, 0.3) is 0 Å². The molecule has 2 heterocycles. The monoisotopic (exact) mass is 265 g/mol. The van der Waals surface area contributed by atoms with Crippen LogP contribution >= 0.6 is 0 Å². The third-order valence-electron chi connectivity index (χ3n) is 5.34. The molecular weight excluding hydrogens is 238 g/mol. The Hall–Kier alpha value is -0.610. The number of carbonyl (C=O) groups excluding carboxylic acids is 1. The van der Waals surface area contributed by atoms with E-state index in [9.17, 15) is 4.79 Å². The van der Waals surface area contributed by atoms with Crippen molar-refractivity contribution in [2.24, 2.45) is 11.7 Å². The molecule has 19 heavy (non-hydrogen) atoms. The molecule has 3 aliphatic rings. The molecule has 0 aromatic carbocycles. The van der Waals surface area contributed by atoms with E-state index in [2.05, 4.69) is 10.2 Å². The maximum Gasteiger partial charge on any atom is 0.224 e. The molecule has 0 aromatic rings. The Kier molecular flexibility index (Phi) is 4.08. The number of nitrogens with zero attached hydrogens (tertiary/aromatic N) is 1. The van der Waals surface area contributed by atoms with Crippen molar-refractivity contribution in [3.8, 4) is 0 Å². The zero-order valence-electron chi connectivity index (χ0n) is 11.8. The van der Waals surface area contributed by atoms with Crippen LogP contribution in [0.2, 0.25) is 0 Å². The van der Waals surface area contributed by atoms with Gasteiger partial charge in [-0.25, -0.2) is 0 Å². The predicted molar refractivity (Wildman–Crippen MR) is 75.7 cm³/mol. The van der Waals surface area contributed by atoms with Crippen LogP contribution in [0.3, 0.4) is 0 Å². The van der Waals surface area contributed by atoms with E-state index >= 15 is 0 Å². The normalized spacial score (nSPS) is 39.8. The van der Waals surface area contributed by atoms with Crippen LogP contribution in [0.25, 0.3) is 0 Å². The van der Waals surface area contributed by atoms with Gasteiger partial charge in [-0.05, 0) is 38.6 Å². The van der Waals surface area contributed by atoms with Gasteiger partial charge < -0.3 is 11.1 Å². The molecule has 3 rings (SSSR count). The average molecular weight is 265 g/mol. The fraction of sp³-hybridized carbons (Fsp3) is 0.933. The number of amides is 1. The number of carbonyl (C=O) groups is 1. The van der Waals surface area contributed by atoms with Crippen molar-refractivity contribution in [2.75, 3.05) is 13.1 Å². The summed E-state index contributed by atoms with van der Waals surface area (Å²) in [6.45, 7) is 2.38. The van der Waals surface area contributed by atoms with Crippen molar-refractivity contribution in [3.63, 3.8) is 0 Å². The fourth-order valence-corrected chi connectivity index (χ4v) is 4.19. The molecule has 4 heteroatoms. The minimum Gasteiger partial charge on any atom is -0.351 e. The molecule has 3 N–H and O–H groups in total. The molecular formula is C15H27N3O. The molecule has 1 amide bonds. The molecule has 4 atom stereocenters. The summed E-state index contributed by atoms with van der Waals surface area (Å²) in [6, 6.07) is 1.05. The summed E-state index contributed by atoms with van der Waals surface area (Å²) in [4.78, 5) is 15.0. The Morgan fingerprint density at radius 2 is 1.79 bits per heavy atom. The molecule has 0 bridgehead atoms. The minimum atomic E-state index is 0.0615. The van der Waals surface area contributed by atoms with Gasteiger partial charge in [-0.3, -0.25) is 9.69 Å². The van der Waals surface area contributed by atoms with Gasteiger partial charge in [-0.2, -0.15) is 0 Å². The van der Waals surface area contributed by atoms with Crippen molar-refractivity contribution in [1.29, 1.82) is 0 Å². The van der Waals surface area contributed by atoms with Gasteiger partial charge >= 0.3 is 0 Å². The van der Waals surface area contributed by atoms with Gasteiger partial charge in [0, 0.05) is 24.7 Å². The Bertz CT molecular complexity index is 333. The minimum absolute atomic E-state index is 0.0615. The summed E-state index contributed by atoms with van der Waals surface area (Å²) in [6.07, 6.45) is 9.35.